The quantitative estimate of drug-likeness (QED) is 0.164. The molecule has 0 bridgehead atoms. The molecule has 1 aliphatic heterocycles. The van der Waals surface area contributed by atoms with E-state index in [2.05, 4.69) is 24.4 Å². The molecule has 0 aliphatic carbocycles. The van der Waals surface area contributed by atoms with Crippen LogP contribution in [0.4, 0.5) is 0 Å². The van der Waals surface area contributed by atoms with Crippen LogP contribution in [0.3, 0.4) is 0 Å². The summed E-state index contributed by atoms with van der Waals surface area (Å²) in [5.74, 6) is 2.47. The van der Waals surface area contributed by atoms with Crippen molar-refractivity contribution in [2.75, 3.05) is 20.0 Å². The third kappa shape index (κ3) is 11.8. The fourth-order valence-electron chi connectivity index (χ4n) is 5.20. The van der Waals surface area contributed by atoms with E-state index in [4.69, 9.17) is 15.2 Å². The van der Waals surface area contributed by atoms with Crippen LogP contribution in [0.5, 0.6) is 11.5 Å². The maximum absolute atomic E-state index is 11.6. The van der Waals surface area contributed by atoms with Gasteiger partial charge in [-0.1, -0.05) is 103 Å². The Morgan fingerprint density at radius 1 is 0.917 bits per heavy atom. The van der Waals surface area contributed by atoms with E-state index in [1.54, 1.807) is 14.2 Å². The van der Waals surface area contributed by atoms with E-state index in [9.17, 15) is 4.79 Å². The molecule has 3 unspecified atom stereocenters. The van der Waals surface area contributed by atoms with E-state index in [1.807, 2.05) is 17.8 Å². The number of benzene rings is 1. The second-order valence-electron chi connectivity index (χ2n) is 10.4. The SMILES string of the molecule is CCCCCCCCCCCCCCCCC(CC1NC(C(N)=O)CS1)c1ccc(OC)c(OC)c1. The summed E-state index contributed by atoms with van der Waals surface area (Å²) in [4.78, 5) is 11.6. The summed E-state index contributed by atoms with van der Waals surface area (Å²) in [6.07, 6.45) is 21.4. The fourth-order valence-corrected chi connectivity index (χ4v) is 6.52. The lowest BCUT2D eigenvalue weighted by Gasteiger charge is -2.22. The first-order valence-electron chi connectivity index (χ1n) is 14.5. The lowest BCUT2D eigenvalue weighted by atomic mass is 9.89. The average Bonchev–Trinajstić information content (AvgIpc) is 3.37. The van der Waals surface area contributed by atoms with Gasteiger partial charge in [-0.05, 0) is 36.5 Å². The Morgan fingerprint density at radius 2 is 1.47 bits per heavy atom. The first-order valence-corrected chi connectivity index (χ1v) is 15.5. The van der Waals surface area contributed by atoms with Crippen molar-refractivity contribution >= 4 is 17.7 Å². The Hall–Kier alpha value is -1.40. The highest BCUT2D eigenvalue weighted by Gasteiger charge is 2.30. The van der Waals surface area contributed by atoms with Crippen molar-refractivity contribution in [2.24, 2.45) is 5.73 Å². The Labute approximate surface area is 225 Å². The van der Waals surface area contributed by atoms with Crippen LogP contribution >= 0.6 is 11.8 Å². The van der Waals surface area contributed by atoms with Crippen molar-refractivity contribution in [3.63, 3.8) is 0 Å². The highest BCUT2D eigenvalue weighted by Crippen LogP contribution is 2.37. The van der Waals surface area contributed by atoms with Crippen molar-refractivity contribution < 1.29 is 14.3 Å². The lowest BCUT2D eigenvalue weighted by Crippen LogP contribution is -2.41. The van der Waals surface area contributed by atoms with Gasteiger partial charge in [0.15, 0.2) is 11.5 Å². The molecule has 0 spiro atoms. The Morgan fingerprint density at radius 3 is 1.97 bits per heavy atom. The fraction of sp³-hybridized carbons (Fsp3) is 0.767. The first kappa shape index (κ1) is 30.8. The van der Waals surface area contributed by atoms with Crippen LogP contribution < -0.4 is 20.5 Å². The van der Waals surface area contributed by atoms with Gasteiger partial charge < -0.3 is 15.2 Å². The van der Waals surface area contributed by atoms with E-state index >= 15 is 0 Å². The predicted molar refractivity (Wildman–Crippen MR) is 154 cm³/mol. The van der Waals surface area contributed by atoms with Crippen molar-refractivity contribution in [1.29, 1.82) is 0 Å². The molecule has 3 atom stereocenters. The maximum atomic E-state index is 11.6. The number of unbranched alkanes of at least 4 members (excludes halogenated alkanes) is 13. The minimum atomic E-state index is -0.250. The van der Waals surface area contributed by atoms with Gasteiger partial charge in [0.2, 0.25) is 5.91 Å². The molecule has 1 aromatic carbocycles. The number of carbonyl (C=O) groups excluding carboxylic acids is 1. The Bertz CT molecular complexity index is 730. The summed E-state index contributed by atoms with van der Waals surface area (Å²) in [7, 11) is 3.36. The van der Waals surface area contributed by atoms with E-state index in [0.29, 0.717) is 5.92 Å². The highest BCUT2D eigenvalue weighted by atomic mass is 32.2. The number of ether oxygens (including phenoxy) is 2. The second kappa shape index (κ2) is 18.8. The number of hydrogen-bond acceptors (Lipinski definition) is 5. The molecule has 0 radical (unpaired) electrons. The molecule has 5 nitrogen and oxygen atoms in total. The van der Waals surface area contributed by atoms with Crippen LogP contribution in [0.1, 0.15) is 121 Å². The Balaban J connectivity index is 1.70. The summed E-state index contributed by atoms with van der Waals surface area (Å²) in [6, 6.07) is 6.08. The molecule has 1 aliphatic rings. The van der Waals surface area contributed by atoms with Crippen molar-refractivity contribution in [3.8, 4) is 11.5 Å². The zero-order valence-electron chi connectivity index (χ0n) is 23.2. The number of thioether (sulfide) groups is 1. The summed E-state index contributed by atoms with van der Waals surface area (Å²) in [5.41, 5.74) is 6.81. The molecule has 6 heteroatoms. The molecule has 206 valence electrons. The molecule has 3 N–H and O–H groups in total. The number of methoxy groups -OCH3 is 2. The zero-order valence-corrected chi connectivity index (χ0v) is 24.0. The lowest BCUT2D eigenvalue weighted by molar-refractivity contribution is -0.119. The normalized spacial score (nSPS) is 18.3. The van der Waals surface area contributed by atoms with E-state index in [1.165, 1.54) is 95.5 Å². The summed E-state index contributed by atoms with van der Waals surface area (Å²) >= 11 is 1.81. The first-order chi connectivity index (χ1) is 17.6. The van der Waals surface area contributed by atoms with E-state index in [0.717, 1.165) is 30.1 Å². The number of hydrogen-bond donors (Lipinski definition) is 2. The smallest absolute Gasteiger partial charge is 0.235 e. The summed E-state index contributed by atoms with van der Waals surface area (Å²) in [5, 5.41) is 3.68. The van der Waals surface area contributed by atoms with Crippen LogP contribution in [-0.4, -0.2) is 37.3 Å². The maximum Gasteiger partial charge on any atom is 0.235 e. The monoisotopic (exact) mass is 520 g/mol. The van der Waals surface area contributed by atoms with Crippen LogP contribution in [-0.2, 0) is 4.79 Å². The average molecular weight is 521 g/mol. The van der Waals surface area contributed by atoms with Crippen molar-refractivity contribution in [2.45, 2.75) is 127 Å². The van der Waals surface area contributed by atoms with Gasteiger partial charge in [-0.3, -0.25) is 10.1 Å². The topological polar surface area (TPSA) is 73.6 Å². The minimum Gasteiger partial charge on any atom is -0.493 e. The molecule has 36 heavy (non-hydrogen) atoms. The van der Waals surface area contributed by atoms with Crippen LogP contribution in [0.15, 0.2) is 18.2 Å². The third-order valence-electron chi connectivity index (χ3n) is 7.48. The molecule has 1 amide bonds. The van der Waals surface area contributed by atoms with E-state index in [-0.39, 0.29) is 17.3 Å². The van der Waals surface area contributed by atoms with Gasteiger partial charge in [-0.2, -0.15) is 0 Å². The number of primary amides is 1. The molecular weight excluding hydrogens is 468 g/mol. The second-order valence-corrected chi connectivity index (χ2v) is 11.6. The molecule has 2 rings (SSSR count). The number of carbonyl (C=O) groups is 1. The van der Waals surface area contributed by atoms with Crippen LogP contribution in [0.25, 0.3) is 0 Å². The van der Waals surface area contributed by atoms with Gasteiger partial charge in [-0.15, -0.1) is 11.8 Å². The molecule has 1 heterocycles. The zero-order chi connectivity index (χ0) is 26.0. The number of nitrogens with two attached hydrogens (primary N) is 1. The highest BCUT2D eigenvalue weighted by molar-refractivity contribution is 8.00. The molecule has 1 saturated heterocycles. The molecule has 1 fully saturated rings. The number of amides is 1. The van der Waals surface area contributed by atoms with Crippen LogP contribution in [0.2, 0.25) is 0 Å². The Kier molecular flexibility index (Phi) is 16.1. The number of rotatable bonds is 21. The standard InChI is InChI=1S/C30H52N2O3S/c1-4-5-6-7-8-9-10-11-12-13-14-15-16-17-18-24(22-29-32-26(23-36-29)30(31)33)25-19-20-27(34-2)28(21-25)35-3/h19-21,24,26,29,32H,4-18,22-23H2,1-3H3,(H2,31,33). The van der Waals surface area contributed by atoms with Gasteiger partial charge in [0.1, 0.15) is 0 Å². The minimum absolute atomic E-state index is 0.216. The van der Waals surface area contributed by atoms with Gasteiger partial charge in [-0.25, -0.2) is 0 Å². The van der Waals surface area contributed by atoms with Gasteiger partial charge >= 0.3 is 0 Å². The molecule has 0 saturated carbocycles. The molecular formula is C30H52N2O3S. The third-order valence-corrected chi connectivity index (χ3v) is 8.74. The number of nitrogens with one attached hydrogen (secondary N) is 1. The van der Waals surface area contributed by atoms with Gasteiger partial charge in [0, 0.05) is 5.75 Å². The van der Waals surface area contributed by atoms with Crippen LogP contribution in [0, 0.1) is 0 Å². The summed E-state index contributed by atoms with van der Waals surface area (Å²) in [6.45, 7) is 2.28. The molecule has 0 aromatic heterocycles. The van der Waals surface area contributed by atoms with Crippen molar-refractivity contribution in [1.82, 2.24) is 5.32 Å². The molecule has 1 aromatic rings. The van der Waals surface area contributed by atoms with E-state index < -0.39 is 0 Å². The largest absolute Gasteiger partial charge is 0.493 e. The summed E-state index contributed by atoms with van der Waals surface area (Å²) < 4.78 is 11.0. The van der Waals surface area contributed by atoms with Gasteiger partial charge in [0.05, 0.1) is 25.6 Å². The van der Waals surface area contributed by atoms with Crippen molar-refractivity contribution in [3.05, 3.63) is 23.8 Å². The van der Waals surface area contributed by atoms with Gasteiger partial charge in [0.25, 0.3) is 0 Å². The predicted octanol–water partition coefficient (Wildman–Crippen LogP) is 7.57.